The van der Waals surface area contributed by atoms with Gasteiger partial charge in [0.25, 0.3) is 0 Å². The molecule has 4 rings (SSSR count). The van der Waals surface area contributed by atoms with Gasteiger partial charge in [-0.3, -0.25) is 28.9 Å². The number of amides is 1. The van der Waals surface area contributed by atoms with Crippen LogP contribution in [0.2, 0.25) is 0 Å². The summed E-state index contributed by atoms with van der Waals surface area (Å²) in [5.41, 5.74) is 6.57. The molecule has 37 heavy (non-hydrogen) atoms. The number of ketones is 4. The molecule has 0 aliphatic heterocycles. The number of phenols is 1. The van der Waals surface area contributed by atoms with Crippen LogP contribution in [-0.2, 0) is 30.4 Å². The monoisotopic (exact) mass is 511 g/mol. The smallest absolute Gasteiger partial charge is 0.235 e. The molecule has 198 valence electrons. The van der Waals surface area contributed by atoms with Gasteiger partial charge in [0.05, 0.1) is 29.2 Å². The second-order valence-corrected chi connectivity index (χ2v) is 11.5. The summed E-state index contributed by atoms with van der Waals surface area (Å²) in [5, 5.41) is 14.8. The number of hydrogen-bond donors (Lipinski definition) is 2. The van der Waals surface area contributed by atoms with Gasteiger partial charge in [-0.05, 0) is 84.2 Å². The number of carbonyl (C=O) groups is 5. The molecule has 0 radical (unpaired) electrons. The van der Waals surface area contributed by atoms with Crippen molar-refractivity contribution in [1.29, 1.82) is 0 Å². The Bertz CT molecular complexity index is 1240. The number of nitrogens with zero attached hydrogens (tertiary/aromatic N) is 2. The van der Waals surface area contributed by atoms with Crippen LogP contribution in [0, 0.1) is 29.6 Å². The molecule has 0 saturated heterocycles. The lowest BCUT2D eigenvalue weighted by molar-refractivity contribution is -0.157. The Morgan fingerprint density at radius 1 is 1.08 bits per heavy atom. The molecule has 0 bridgehead atoms. The van der Waals surface area contributed by atoms with Gasteiger partial charge in [0, 0.05) is 5.56 Å². The van der Waals surface area contributed by atoms with Crippen LogP contribution in [0.3, 0.4) is 0 Å². The maximum Gasteiger partial charge on any atom is 0.235 e. The summed E-state index contributed by atoms with van der Waals surface area (Å²) in [6, 6.07) is 2.18. The number of primary amides is 1. The van der Waals surface area contributed by atoms with Crippen molar-refractivity contribution in [2.45, 2.75) is 52.2 Å². The predicted octanol–water partition coefficient (Wildman–Crippen LogP) is 1.29. The minimum Gasteiger partial charge on any atom is -0.507 e. The zero-order valence-corrected chi connectivity index (χ0v) is 21.9. The maximum atomic E-state index is 13.8. The fourth-order valence-corrected chi connectivity index (χ4v) is 6.22. The van der Waals surface area contributed by atoms with E-state index in [-0.39, 0.29) is 24.2 Å². The first kappa shape index (κ1) is 26.7. The number of Topliss-reactive ketones (excluding diaryl/α,β-unsaturated/α-hetero) is 4. The second-order valence-electron chi connectivity index (χ2n) is 11.5. The minimum atomic E-state index is -1.72. The number of aromatic hydroxyl groups is 1. The van der Waals surface area contributed by atoms with E-state index < -0.39 is 70.3 Å². The van der Waals surface area contributed by atoms with Crippen molar-refractivity contribution < 1.29 is 33.9 Å². The molecule has 3 unspecified atom stereocenters. The van der Waals surface area contributed by atoms with E-state index in [1.165, 1.54) is 6.07 Å². The first-order chi connectivity index (χ1) is 17.2. The number of phenolic OH excluding ortho intramolecular Hbond substituents is 1. The number of carbonyl (C=O) groups excluding carboxylic acids is 5. The van der Waals surface area contributed by atoms with E-state index in [0.29, 0.717) is 16.8 Å². The van der Waals surface area contributed by atoms with Gasteiger partial charge in [-0.2, -0.15) is 0 Å². The Balaban J connectivity index is 1.80. The van der Waals surface area contributed by atoms with Crippen LogP contribution in [0.4, 0.5) is 0 Å². The lowest BCUT2D eigenvalue weighted by atomic mass is 9.54. The summed E-state index contributed by atoms with van der Waals surface area (Å²) in [6.45, 7) is 7.29. The maximum absolute atomic E-state index is 13.8. The lowest BCUT2D eigenvalue weighted by Crippen LogP contribution is -2.64. The summed E-state index contributed by atoms with van der Waals surface area (Å²) < 4.78 is 0. The van der Waals surface area contributed by atoms with Crippen LogP contribution in [0.15, 0.2) is 17.3 Å². The van der Waals surface area contributed by atoms with Crippen molar-refractivity contribution in [3.05, 3.63) is 28.8 Å². The van der Waals surface area contributed by atoms with Crippen LogP contribution in [0.1, 0.15) is 55.6 Å². The molecule has 0 spiro atoms. The van der Waals surface area contributed by atoms with E-state index in [1.54, 1.807) is 32.0 Å². The first-order valence-corrected chi connectivity index (χ1v) is 12.3. The van der Waals surface area contributed by atoms with Crippen molar-refractivity contribution >= 4 is 34.8 Å². The summed E-state index contributed by atoms with van der Waals surface area (Å²) in [7, 11) is 3.30. The zero-order valence-electron chi connectivity index (χ0n) is 21.9. The van der Waals surface area contributed by atoms with Gasteiger partial charge in [-0.1, -0.05) is 5.16 Å². The number of likely N-dealkylation sites (N-methyl/N-ethyl adjacent to an activating group) is 1. The molecule has 2 fully saturated rings. The number of oxime groups is 1. The molecule has 0 heterocycles. The van der Waals surface area contributed by atoms with Gasteiger partial charge in [0.2, 0.25) is 5.91 Å². The van der Waals surface area contributed by atoms with Crippen LogP contribution in [0.5, 0.6) is 5.75 Å². The minimum absolute atomic E-state index is 0.0332. The molecule has 10 nitrogen and oxygen atoms in total. The summed E-state index contributed by atoms with van der Waals surface area (Å²) in [5.74, 6) is -9.32. The number of benzene rings is 1. The van der Waals surface area contributed by atoms with Crippen LogP contribution >= 0.6 is 0 Å². The molecule has 3 N–H and O–H groups in total. The average Bonchev–Trinajstić information content (AvgIpc) is 2.76. The Labute approximate surface area is 215 Å². The Morgan fingerprint density at radius 3 is 2.30 bits per heavy atom. The highest BCUT2D eigenvalue weighted by Crippen LogP contribution is 2.49. The predicted molar refractivity (Wildman–Crippen MR) is 133 cm³/mol. The third-order valence-electron chi connectivity index (χ3n) is 7.63. The van der Waals surface area contributed by atoms with Crippen molar-refractivity contribution in [2.75, 3.05) is 14.1 Å². The summed E-state index contributed by atoms with van der Waals surface area (Å²) in [4.78, 5) is 73.0. The largest absolute Gasteiger partial charge is 0.507 e. The number of rotatable bonds is 4. The molecule has 1 aromatic carbocycles. The number of fused-ring (bicyclic) bond motifs is 3. The van der Waals surface area contributed by atoms with E-state index in [0.717, 1.165) is 0 Å². The van der Waals surface area contributed by atoms with E-state index in [4.69, 9.17) is 10.6 Å². The van der Waals surface area contributed by atoms with Gasteiger partial charge >= 0.3 is 0 Å². The van der Waals surface area contributed by atoms with E-state index in [1.807, 2.05) is 20.8 Å². The fourth-order valence-electron chi connectivity index (χ4n) is 6.22. The molecular weight excluding hydrogens is 478 g/mol. The summed E-state index contributed by atoms with van der Waals surface area (Å²) >= 11 is 0. The normalized spacial score (nSPS) is 30.1. The summed E-state index contributed by atoms with van der Waals surface area (Å²) in [6.07, 6.45) is 0.524. The average molecular weight is 512 g/mol. The van der Waals surface area contributed by atoms with Crippen molar-refractivity contribution in [1.82, 2.24) is 4.90 Å². The van der Waals surface area contributed by atoms with Gasteiger partial charge in [0.15, 0.2) is 29.1 Å². The SMILES string of the molecule is CC(=NOC(C)(C)C)c1ccc(O)c2c1C[C@H]1C[C@@H]3C(C(=O)C(C(N)=O)C(=O)[C@H]3N(C)C)C(=O)C1C2=O. The topological polar surface area (TPSA) is 156 Å². The first-order valence-electron chi connectivity index (χ1n) is 12.3. The fraction of sp³-hybridized carbons (Fsp3) is 0.556. The molecule has 3 aliphatic carbocycles. The number of hydrogen-bond acceptors (Lipinski definition) is 9. The standard InChI is InChI=1S/C27H33N3O7/c1-11(29-37-27(2,3)4)13-7-8-16(31)18-14(13)9-12-10-15-19(23(33)17(12)22(18)32)24(34)20(26(28)36)25(35)21(15)30(5)6/h7-8,12,15,17,19-21,31H,9-10H2,1-6H3,(H2,28,36)/t12-,15+,17?,19?,20?,21-/m0/s1. The van der Waals surface area contributed by atoms with Crippen molar-refractivity contribution in [3.8, 4) is 5.75 Å². The third-order valence-corrected chi connectivity index (χ3v) is 7.63. The van der Waals surface area contributed by atoms with E-state index in [9.17, 15) is 29.1 Å². The highest BCUT2D eigenvalue weighted by molar-refractivity contribution is 6.28. The van der Waals surface area contributed by atoms with Gasteiger partial charge < -0.3 is 15.7 Å². The van der Waals surface area contributed by atoms with Gasteiger partial charge in [-0.15, -0.1) is 0 Å². The molecule has 0 aromatic heterocycles. The molecule has 1 aromatic rings. The van der Waals surface area contributed by atoms with Crippen molar-refractivity contribution in [2.24, 2.45) is 40.5 Å². The quantitative estimate of drug-likeness (QED) is 0.348. The van der Waals surface area contributed by atoms with Crippen LogP contribution in [0.25, 0.3) is 0 Å². The van der Waals surface area contributed by atoms with Crippen molar-refractivity contribution in [3.63, 3.8) is 0 Å². The number of nitrogens with two attached hydrogens (primary N) is 1. The molecule has 6 atom stereocenters. The lowest BCUT2D eigenvalue weighted by Gasteiger charge is -2.48. The Hall–Kier alpha value is -3.40. The zero-order chi connectivity index (χ0) is 27.6. The highest BCUT2D eigenvalue weighted by Gasteiger charge is 2.61. The van der Waals surface area contributed by atoms with Gasteiger partial charge in [-0.25, -0.2) is 0 Å². The van der Waals surface area contributed by atoms with E-state index in [2.05, 4.69) is 5.16 Å². The van der Waals surface area contributed by atoms with E-state index >= 15 is 0 Å². The molecule has 3 aliphatic rings. The molecule has 10 heteroatoms. The van der Waals surface area contributed by atoms with Gasteiger partial charge in [0.1, 0.15) is 11.4 Å². The second kappa shape index (κ2) is 9.16. The molecule has 2 saturated carbocycles. The van der Waals surface area contributed by atoms with Crippen LogP contribution < -0.4 is 5.73 Å². The molecule has 1 amide bonds. The molecular formula is C27H33N3O7. The highest BCUT2D eigenvalue weighted by atomic mass is 16.6. The third kappa shape index (κ3) is 4.37. The Morgan fingerprint density at radius 2 is 1.73 bits per heavy atom. The van der Waals surface area contributed by atoms with Crippen LogP contribution in [-0.4, -0.2) is 70.5 Å². The Kier molecular flexibility index (Phi) is 6.60.